The van der Waals surface area contributed by atoms with Crippen LogP contribution in [0, 0.1) is 5.92 Å². The molecule has 0 amide bonds. The van der Waals surface area contributed by atoms with E-state index < -0.39 is 6.29 Å². The van der Waals surface area contributed by atoms with Gasteiger partial charge >= 0.3 is 0 Å². The summed E-state index contributed by atoms with van der Waals surface area (Å²) in [6.07, 6.45) is 6.06. The summed E-state index contributed by atoms with van der Waals surface area (Å²) in [5.74, 6) is 2.34. The summed E-state index contributed by atoms with van der Waals surface area (Å²) in [7, 11) is 0. The highest BCUT2D eigenvalue weighted by molar-refractivity contribution is 7.99. The third-order valence-electron chi connectivity index (χ3n) is 6.58. The number of halogens is 2. The Morgan fingerprint density at radius 2 is 1.69 bits per heavy atom. The molecule has 192 valence electrons. The van der Waals surface area contributed by atoms with Crippen molar-refractivity contribution in [3.05, 3.63) is 94.0 Å². The summed E-state index contributed by atoms with van der Waals surface area (Å²) in [5, 5.41) is 5.04. The molecule has 1 N–H and O–H groups in total. The first-order valence-corrected chi connectivity index (χ1v) is 14.6. The van der Waals surface area contributed by atoms with Crippen LogP contribution >= 0.6 is 35.0 Å². The van der Waals surface area contributed by atoms with E-state index in [4.69, 9.17) is 32.7 Å². The number of thioether (sulfide) groups is 1. The largest absolute Gasteiger partial charge is 0.461 e. The molecule has 0 saturated heterocycles. The zero-order valence-corrected chi connectivity index (χ0v) is 23.1. The maximum atomic E-state index is 6.41. The molecule has 1 aliphatic rings. The molecule has 3 aromatic rings. The zero-order valence-electron chi connectivity index (χ0n) is 20.8. The predicted octanol–water partition coefficient (Wildman–Crippen LogP) is 9.11. The fourth-order valence-corrected chi connectivity index (χ4v) is 5.88. The van der Waals surface area contributed by atoms with E-state index in [1.807, 2.05) is 48.5 Å². The van der Waals surface area contributed by atoms with Gasteiger partial charge in [-0.1, -0.05) is 84.9 Å². The van der Waals surface area contributed by atoms with Crippen LogP contribution in [-0.2, 0) is 4.74 Å². The normalized spacial score (nSPS) is 16.0. The third kappa shape index (κ3) is 8.43. The van der Waals surface area contributed by atoms with E-state index in [1.54, 1.807) is 11.8 Å². The van der Waals surface area contributed by atoms with Gasteiger partial charge in [-0.2, -0.15) is 0 Å². The molecule has 1 aliphatic carbocycles. The maximum absolute atomic E-state index is 6.41. The van der Waals surface area contributed by atoms with E-state index >= 15 is 0 Å². The lowest BCUT2D eigenvalue weighted by Gasteiger charge is -2.26. The number of rotatable bonds is 12. The monoisotopic (exact) mass is 543 g/mol. The minimum Gasteiger partial charge on any atom is -0.461 e. The lowest BCUT2D eigenvalue weighted by atomic mass is 9.90. The van der Waals surface area contributed by atoms with Gasteiger partial charge in [0, 0.05) is 33.8 Å². The summed E-state index contributed by atoms with van der Waals surface area (Å²) < 4.78 is 12.8. The molecule has 3 nitrogen and oxygen atoms in total. The minimum atomic E-state index is -0.412. The molecular weight excluding hydrogens is 509 g/mol. The number of hydrogen-bond donors (Lipinski definition) is 1. The summed E-state index contributed by atoms with van der Waals surface area (Å²) in [5.41, 5.74) is 2.22. The molecule has 1 fully saturated rings. The Morgan fingerprint density at radius 3 is 2.50 bits per heavy atom. The maximum Gasteiger partial charge on any atom is 0.226 e. The Labute approximate surface area is 229 Å². The standard InChI is InChI=1S/C30H35Cl2NO2S/c1-22(33-17-18-36-29-20-26(31)15-16-28(29)32)25-13-8-14-27(19-25)35-30(24-11-6-3-7-12-24)34-21-23-9-4-2-5-10-23/h3,6-8,11-16,19-20,22-23,30,33H,2,4-5,9-10,17-18,21H2,1H3. The van der Waals surface area contributed by atoms with Crippen LogP contribution in [0.2, 0.25) is 10.0 Å². The predicted molar refractivity (Wildman–Crippen MR) is 152 cm³/mol. The molecule has 0 aromatic heterocycles. The van der Waals surface area contributed by atoms with E-state index in [9.17, 15) is 0 Å². The Balaban J connectivity index is 1.33. The Kier molecular flexibility index (Phi) is 10.9. The van der Waals surface area contributed by atoms with Crippen LogP contribution in [0.25, 0.3) is 0 Å². The van der Waals surface area contributed by atoms with Crippen molar-refractivity contribution in [1.29, 1.82) is 0 Å². The molecule has 0 aliphatic heterocycles. The number of hydrogen-bond acceptors (Lipinski definition) is 4. The van der Waals surface area contributed by atoms with Crippen molar-refractivity contribution in [1.82, 2.24) is 5.32 Å². The van der Waals surface area contributed by atoms with Crippen LogP contribution in [0.5, 0.6) is 5.75 Å². The topological polar surface area (TPSA) is 30.5 Å². The highest BCUT2D eigenvalue weighted by atomic mass is 35.5. The van der Waals surface area contributed by atoms with E-state index in [-0.39, 0.29) is 6.04 Å². The minimum absolute atomic E-state index is 0.183. The van der Waals surface area contributed by atoms with Gasteiger partial charge in [-0.15, -0.1) is 11.8 Å². The molecule has 0 radical (unpaired) electrons. The van der Waals surface area contributed by atoms with Crippen LogP contribution in [0.1, 0.15) is 62.5 Å². The molecule has 2 atom stereocenters. The molecule has 0 bridgehead atoms. The van der Waals surface area contributed by atoms with Crippen LogP contribution in [-0.4, -0.2) is 18.9 Å². The molecule has 1 saturated carbocycles. The second-order valence-electron chi connectivity index (χ2n) is 9.37. The van der Waals surface area contributed by atoms with Crippen molar-refractivity contribution in [2.24, 2.45) is 5.92 Å². The molecule has 6 heteroatoms. The summed E-state index contributed by atoms with van der Waals surface area (Å²) in [4.78, 5) is 1.01. The van der Waals surface area contributed by atoms with Gasteiger partial charge < -0.3 is 14.8 Å². The number of nitrogens with one attached hydrogen (secondary N) is 1. The van der Waals surface area contributed by atoms with Crippen LogP contribution in [0.15, 0.2) is 77.7 Å². The zero-order chi connectivity index (χ0) is 25.2. The van der Waals surface area contributed by atoms with Crippen molar-refractivity contribution >= 4 is 35.0 Å². The van der Waals surface area contributed by atoms with Gasteiger partial charge in [0.1, 0.15) is 5.75 Å². The van der Waals surface area contributed by atoms with Gasteiger partial charge in [-0.3, -0.25) is 0 Å². The molecule has 0 heterocycles. The average Bonchev–Trinajstić information content (AvgIpc) is 2.92. The van der Waals surface area contributed by atoms with Gasteiger partial charge in [0.15, 0.2) is 0 Å². The number of ether oxygens (including phenoxy) is 2. The second-order valence-corrected chi connectivity index (χ2v) is 11.3. The van der Waals surface area contributed by atoms with Gasteiger partial charge in [-0.25, -0.2) is 0 Å². The SMILES string of the molecule is CC(NCCSc1cc(Cl)ccc1Cl)c1cccc(OC(OCC2CCCCC2)c2ccccc2)c1. The first-order chi connectivity index (χ1) is 17.6. The summed E-state index contributed by atoms with van der Waals surface area (Å²) in [6.45, 7) is 3.76. The van der Waals surface area contributed by atoms with E-state index in [0.29, 0.717) is 10.9 Å². The molecule has 4 rings (SSSR count). The Morgan fingerprint density at radius 1 is 0.917 bits per heavy atom. The van der Waals surface area contributed by atoms with Crippen molar-refractivity contribution in [3.8, 4) is 5.75 Å². The summed E-state index contributed by atoms with van der Waals surface area (Å²) >= 11 is 14.1. The second kappa shape index (κ2) is 14.3. The fraction of sp³-hybridized carbons (Fsp3) is 0.400. The lowest BCUT2D eigenvalue weighted by Crippen LogP contribution is -2.21. The molecule has 2 unspecified atom stereocenters. The first kappa shape index (κ1) is 27.3. The average molecular weight is 545 g/mol. The summed E-state index contributed by atoms with van der Waals surface area (Å²) in [6, 6.07) is 24.3. The van der Waals surface area contributed by atoms with Crippen LogP contribution < -0.4 is 10.1 Å². The van der Waals surface area contributed by atoms with Crippen LogP contribution in [0.3, 0.4) is 0 Å². The van der Waals surface area contributed by atoms with Gasteiger partial charge in [-0.05, 0) is 61.6 Å². The lowest BCUT2D eigenvalue weighted by molar-refractivity contribution is -0.0981. The molecule has 3 aromatic carbocycles. The third-order valence-corrected chi connectivity index (χ3v) is 8.32. The van der Waals surface area contributed by atoms with Crippen molar-refractivity contribution in [2.75, 3.05) is 18.9 Å². The van der Waals surface area contributed by atoms with Crippen LogP contribution in [0.4, 0.5) is 0 Å². The van der Waals surface area contributed by atoms with E-state index in [1.165, 1.54) is 37.7 Å². The van der Waals surface area contributed by atoms with E-state index in [0.717, 1.165) is 40.1 Å². The smallest absolute Gasteiger partial charge is 0.226 e. The van der Waals surface area contributed by atoms with Crippen molar-refractivity contribution in [2.45, 2.75) is 56.3 Å². The molecule has 36 heavy (non-hydrogen) atoms. The van der Waals surface area contributed by atoms with Crippen molar-refractivity contribution in [3.63, 3.8) is 0 Å². The Hall–Kier alpha value is -1.69. The van der Waals surface area contributed by atoms with Gasteiger partial charge in [0.05, 0.1) is 11.6 Å². The van der Waals surface area contributed by atoms with Gasteiger partial charge in [0.2, 0.25) is 6.29 Å². The first-order valence-electron chi connectivity index (χ1n) is 12.8. The number of benzene rings is 3. The quantitative estimate of drug-likeness (QED) is 0.140. The van der Waals surface area contributed by atoms with E-state index in [2.05, 4.69) is 36.5 Å². The Bertz CT molecular complexity index is 1080. The highest BCUT2D eigenvalue weighted by Crippen LogP contribution is 2.31. The fourth-order valence-electron chi connectivity index (χ4n) is 4.51. The highest BCUT2D eigenvalue weighted by Gasteiger charge is 2.19. The van der Waals surface area contributed by atoms with Gasteiger partial charge in [0.25, 0.3) is 0 Å². The molecule has 0 spiro atoms. The molecular formula is C30H35Cl2NO2S. The van der Waals surface area contributed by atoms with Crippen molar-refractivity contribution < 1.29 is 9.47 Å².